The summed E-state index contributed by atoms with van der Waals surface area (Å²) in [6, 6.07) is 132. The summed E-state index contributed by atoms with van der Waals surface area (Å²) in [6.45, 7) is 0.686. The average molecular weight is 2010 g/mol. The summed E-state index contributed by atoms with van der Waals surface area (Å²) in [6.07, 6.45) is 14.7. The molecule has 24 rings (SSSR count). The van der Waals surface area contributed by atoms with Gasteiger partial charge in [0.05, 0.1) is 22.1 Å². The van der Waals surface area contributed by atoms with Crippen LogP contribution in [0.1, 0.15) is 5.56 Å². The third-order valence-corrected chi connectivity index (χ3v) is 24.1. The van der Waals surface area contributed by atoms with Crippen LogP contribution in [0.2, 0.25) is 0 Å². The SMILES string of the molecule is O=c1c2ccccc2nc2cc(-c3ccccc3)c[c-]n12.O=c1c2ccccc2nc2cc(-c3ccccc3-c3cccc(-c4ccccc4-c4ccc5c(c4)C[n+]4cnc(-c6[c-]cc(-c7ccccc7-c7cc(-c8ccccc8-c8c[c-]n9c(=O)c%10ccccc%10nc9c8)cc(-c8ccccc8-c8c[c-]n9c(=O)c%10ccccc%10nc9c8)c7)cc6)cc4-5)c3)c[c-]n12.[Ir+3].[Ir]. The van der Waals surface area contributed by atoms with Gasteiger partial charge < -0.3 is 36.8 Å². The van der Waals surface area contributed by atoms with Crippen LogP contribution in [-0.2, 0) is 46.8 Å². The Hall–Kier alpha value is -16.1. The van der Waals surface area contributed by atoms with Gasteiger partial charge >= 0.3 is 20.1 Å². The Morgan fingerprint density at radius 2 is 0.566 bits per heavy atom. The largest absolute Gasteiger partial charge is 3.00 e. The Labute approximate surface area is 765 Å². The Morgan fingerprint density at radius 3 is 0.953 bits per heavy atom. The van der Waals surface area contributed by atoms with Crippen LogP contribution in [0.3, 0.4) is 0 Å². The smallest absolute Gasteiger partial charge is 0.389 e. The quantitative estimate of drug-likeness (QED) is 0.0660. The number of fused-ring (bicyclic) bond motifs is 11. The van der Waals surface area contributed by atoms with Crippen LogP contribution < -0.4 is 26.8 Å². The molecule has 0 saturated heterocycles. The van der Waals surface area contributed by atoms with Gasteiger partial charge in [-0.05, 0) is 133 Å². The zero-order chi connectivity index (χ0) is 84.7. The molecule has 0 N–H and O–H groups in total. The second-order valence-electron chi connectivity index (χ2n) is 31.6. The van der Waals surface area contributed by atoms with E-state index in [1.807, 2.05) is 176 Å². The first-order valence-corrected chi connectivity index (χ1v) is 41.8. The van der Waals surface area contributed by atoms with Crippen molar-refractivity contribution in [2.75, 3.05) is 0 Å². The molecule has 611 valence electrons. The molecule has 0 amide bonds. The van der Waals surface area contributed by atoms with Crippen molar-refractivity contribution in [2.45, 2.75) is 6.54 Å². The molecule has 0 bridgehead atoms. The molecule has 9 aromatic heterocycles. The first kappa shape index (κ1) is 80.1. The van der Waals surface area contributed by atoms with E-state index in [4.69, 9.17) is 19.9 Å². The maximum Gasteiger partial charge on any atom is 3.00 e. The number of aromatic nitrogens is 10. The Kier molecular flexibility index (Phi) is 20.8. The molecule has 0 aliphatic carbocycles. The topological polar surface area (TPSA) is 154 Å². The van der Waals surface area contributed by atoms with E-state index in [1.165, 1.54) is 23.2 Å². The Bertz CT molecular complexity index is 8580. The second kappa shape index (κ2) is 33.5. The zero-order valence-corrected chi connectivity index (χ0v) is 73.2. The molecule has 0 fully saturated rings. The van der Waals surface area contributed by atoms with Crippen molar-refractivity contribution in [3.05, 3.63) is 466 Å². The standard InChI is InChI=1S/C95H55N8O3.C18H11N2O.2Ir/c104-93-82-30-11-14-33-85(82)97-90-53-64(42-45-101(90)93)75-24-5-3-22-73(75)62-19-17-18-61(48-62)72-21-2-4-23-74(72)63-40-41-81-70(49-63)57-100-58-96-88(56-89(81)100)60-38-36-59(37-39-60)71-20-1-8-27-78(71)67-50-68(79-28-9-6-25-76(79)65-43-46-102-91(54-65)98-86-34-15-12-31-83(86)94(102)105)52-69(51-67)80-29-10-7-26-77(80)66-44-47-103-92(55-66)99-87-35-16-13-32-84(87)95(103)106;21-18-15-8-4-5-9-16(15)19-17-12-14(10-11-20(17)18)13-6-2-1-3-7-13;;/h1-38,40-44,48-56,58H,57H2;1-10,12H;;/q-3;-1;;+3. The van der Waals surface area contributed by atoms with Crippen molar-refractivity contribution in [3.63, 3.8) is 0 Å². The fourth-order valence-corrected chi connectivity index (χ4v) is 17.9. The fourth-order valence-electron chi connectivity index (χ4n) is 17.9. The number of hydrogen-bond acceptors (Lipinski definition) is 9. The Morgan fingerprint density at radius 1 is 0.256 bits per heavy atom. The van der Waals surface area contributed by atoms with Gasteiger partial charge in [-0.3, -0.25) is 19.9 Å². The maximum absolute atomic E-state index is 13.8. The molecule has 10 heterocycles. The summed E-state index contributed by atoms with van der Waals surface area (Å²) in [5, 5.41) is 2.24. The summed E-state index contributed by atoms with van der Waals surface area (Å²) in [5.41, 5.74) is 31.6. The van der Waals surface area contributed by atoms with Gasteiger partial charge in [-0.25, -0.2) is 4.57 Å². The van der Waals surface area contributed by atoms with Gasteiger partial charge in [0.25, 0.3) is 6.33 Å². The molecule has 129 heavy (non-hydrogen) atoms. The first-order chi connectivity index (χ1) is 62.6. The van der Waals surface area contributed by atoms with E-state index in [0.717, 1.165) is 145 Å². The van der Waals surface area contributed by atoms with Crippen LogP contribution >= 0.6 is 0 Å². The minimum absolute atomic E-state index is 0. The molecule has 23 aromatic rings. The van der Waals surface area contributed by atoms with E-state index in [0.29, 0.717) is 72.7 Å². The van der Waals surface area contributed by atoms with E-state index >= 15 is 0 Å². The van der Waals surface area contributed by atoms with Crippen molar-refractivity contribution in [3.8, 4) is 145 Å². The van der Waals surface area contributed by atoms with Crippen molar-refractivity contribution in [1.29, 1.82) is 0 Å². The Balaban J connectivity index is 0.000000383. The minimum atomic E-state index is -0.172. The van der Waals surface area contributed by atoms with E-state index in [-0.39, 0.29) is 62.4 Å². The summed E-state index contributed by atoms with van der Waals surface area (Å²) < 4.78 is 8.17. The number of benzene rings is 14. The van der Waals surface area contributed by atoms with Gasteiger partial charge in [0.1, 0.15) is 17.9 Å². The number of rotatable bonds is 12. The van der Waals surface area contributed by atoms with Crippen LogP contribution in [0.25, 0.3) is 211 Å². The molecular formula is C113H66Ir2N10O4-. The summed E-state index contributed by atoms with van der Waals surface area (Å²) >= 11 is 0. The van der Waals surface area contributed by atoms with Crippen molar-refractivity contribution in [2.24, 2.45) is 0 Å². The van der Waals surface area contributed by atoms with Crippen molar-refractivity contribution < 1.29 is 44.8 Å². The van der Waals surface area contributed by atoms with Crippen LogP contribution in [-0.4, -0.2) is 42.5 Å². The molecule has 0 unspecified atom stereocenters. The molecule has 0 spiro atoms. The number of para-hydroxylation sites is 4. The predicted octanol–water partition coefficient (Wildman–Crippen LogP) is 22.7. The fraction of sp³-hybridized carbons (Fsp3) is 0.00885. The maximum atomic E-state index is 13.8. The van der Waals surface area contributed by atoms with Gasteiger partial charge in [-0.1, -0.05) is 364 Å². The van der Waals surface area contributed by atoms with E-state index in [2.05, 4.69) is 228 Å². The average Bonchev–Trinajstić information content (AvgIpc) is 1.48. The molecule has 1 aliphatic rings. The molecule has 0 saturated carbocycles. The van der Waals surface area contributed by atoms with Gasteiger partial charge in [-0.2, -0.15) is 0 Å². The molecular weight excluding hydrogens is 1950 g/mol. The van der Waals surface area contributed by atoms with Crippen LogP contribution in [0, 0.1) is 30.9 Å². The molecule has 14 aromatic carbocycles. The number of pyridine rings is 4. The summed E-state index contributed by atoms with van der Waals surface area (Å²) in [5.74, 6) is 0. The molecule has 0 atom stereocenters. The van der Waals surface area contributed by atoms with E-state index in [1.54, 1.807) is 24.3 Å². The van der Waals surface area contributed by atoms with Crippen LogP contribution in [0.15, 0.2) is 408 Å². The molecule has 1 radical (unpaired) electrons. The second-order valence-corrected chi connectivity index (χ2v) is 31.6. The van der Waals surface area contributed by atoms with Crippen molar-refractivity contribution in [1.82, 2.24) is 42.5 Å². The predicted molar refractivity (Wildman–Crippen MR) is 505 cm³/mol. The van der Waals surface area contributed by atoms with Gasteiger partial charge in [-0.15, -0.1) is 48.5 Å². The monoisotopic (exact) mass is 2010 g/mol. The summed E-state index contributed by atoms with van der Waals surface area (Å²) in [4.78, 5) is 77.7. The summed E-state index contributed by atoms with van der Waals surface area (Å²) in [7, 11) is 0. The van der Waals surface area contributed by atoms with Crippen LogP contribution in [0.5, 0.6) is 0 Å². The zero-order valence-electron chi connectivity index (χ0n) is 68.4. The third kappa shape index (κ3) is 14.5. The normalized spacial score (nSPS) is 11.5. The number of hydrogen-bond donors (Lipinski definition) is 0. The third-order valence-electron chi connectivity index (χ3n) is 24.1. The molecule has 14 nitrogen and oxygen atoms in total. The molecule has 1 aliphatic heterocycles. The minimum Gasteiger partial charge on any atom is -0.389 e. The van der Waals surface area contributed by atoms with Gasteiger partial charge in [0.15, 0.2) is 22.2 Å². The van der Waals surface area contributed by atoms with E-state index in [9.17, 15) is 19.2 Å². The first-order valence-electron chi connectivity index (χ1n) is 41.8. The van der Waals surface area contributed by atoms with Gasteiger partial charge in [0.2, 0.25) is 0 Å². The van der Waals surface area contributed by atoms with Crippen LogP contribution in [0.4, 0.5) is 0 Å². The molecule has 16 heteroatoms. The number of nitrogens with zero attached hydrogens (tertiary/aromatic N) is 10. The van der Waals surface area contributed by atoms with Gasteiger partial charge in [0, 0.05) is 75.4 Å². The van der Waals surface area contributed by atoms with Crippen molar-refractivity contribution >= 4 is 66.2 Å². The van der Waals surface area contributed by atoms with E-state index < -0.39 is 0 Å².